The minimum Gasteiger partial charge on any atom is -0.358 e. The van der Waals surface area contributed by atoms with Crippen molar-refractivity contribution >= 4 is 0 Å². The van der Waals surface area contributed by atoms with Gasteiger partial charge in [-0.3, -0.25) is 0 Å². The number of hydrogen-bond donors (Lipinski definition) is 0. The van der Waals surface area contributed by atoms with E-state index in [1.165, 1.54) is 0 Å². The monoisotopic (exact) mass is 305 g/mol. The minimum atomic E-state index is 0. The van der Waals surface area contributed by atoms with Crippen molar-refractivity contribution in [1.82, 2.24) is 0 Å². The molecule has 0 heterocycles. The Kier molecular flexibility index (Phi) is 3450. The molecule has 0 atom stereocenters. The van der Waals surface area contributed by atoms with Gasteiger partial charge in [-0.2, -0.15) is 0 Å². The van der Waals surface area contributed by atoms with Gasteiger partial charge in [0.2, 0.25) is 0 Å². The Labute approximate surface area is 68.3 Å². The molecule has 0 rings (SSSR count). The predicted molar refractivity (Wildman–Crippen MR) is 26.0 cm³/mol. The van der Waals surface area contributed by atoms with Crippen LogP contribution in [0.15, 0.2) is 0 Å². The minimum absolute atomic E-state index is 0. The largest absolute Gasteiger partial charge is 0.358 e. The molecule has 0 nitrogen and oxygen atoms in total. The molecule has 0 N–H and O–H groups in total. The van der Waals surface area contributed by atoms with E-state index in [0.29, 0.717) is 0 Å². The summed E-state index contributed by atoms with van der Waals surface area (Å²) in [5, 5.41) is 0. The Bertz CT molecular complexity index is 7.51. The van der Waals surface area contributed by atoms with Crippen LogP contribution in [0.2, 0.25) is 0 Å². The second kappa shape index (κ2) is 112. The van der Waals surface area contributed by atoms with E-state index in [4.69, 9.17) is 0 Å². The molecule has 2 heteroatoms. The zero-order valence-corrected chi connectivity index (χ0v) is 7.57. The normalized spacial score (nSPS) is 0. The summed E-state index contributed by atoms with van der Waals surface area (Å²) in [6, 6.07) is 0. The third kappa shape index (κ3) is 61.6. The van der Waals surface area contributed by atoms with Gasteiger partial charge in [0, 0.05) is 38.7 Å². The number of hydrogen-bond acceptors (Lipinski definition) is 0. The van der Waals surface area contributed by atoms with E-state index >= 15 is 0 Å². The van der Waals surface area contributed by atoms with Crippen molar-refractivity contribution in [2.75, 3.05) is 0 Å². The Morgan fingerprint density at radius 3 is 0.667 bits per heavy atom. The summed E-state index contributed by atoms with van der Waals surface area (Å²) >= 11 is 0. The molecule has 0 saturated carbocycles. The van der Waals surface area contributed by atoms with Crippen molar-refractivity contribution in [2.45, 2.75) is 7.43 Å². The van der Waals surface area contributed by atoms with Gasteiger partial charge in [0.25, 0.3) is 0 Å². The summed E-state index contributed by atoms with van der Waals surface area (Å²) in [4.78, 5) is 0. The molecule has 0 aliphatic rings. The summed E-state index contributed by atoms with van der Waals surface area (Å²) in [6.45, 7) is 0. The Hall–Kier alpha value is 1.23. The van der Waals surface area contributed by atoms with E-state index in [0.717, 1.165) is 0 Å². The molecule has 0 aromatic heterocycles. The molecular weight excluding hydrogens is 291 g/mol. The summed E-state index contributed by atoms with van der Waals surface area (Å²) in [5.74, 6) is 0. The second-order valence-electron chi connectivity index (χ2n) is 0. The zero-order valence-electron chi connectivity index (χ0n) is 3.78. The van der Waals surface area contributed by atoms with Gasteiger partial charge < -0.3 is 22.3 Å². The smallest absolute Gasteiger partial charge is 0 e. The van der Waals surface area contributed by atoms with Gasteiger partial charge in [0.05, 0.1) is 0 Å². The van der Waals surface area contributed by atoms with E-state index in [1.54, 1.807) is 0 Å². The maximum absolute atomic E-state index is 0. The molecule has 2 radical (unpaired) electrons. The van der Waals surface area contributed by atoms with Crippen LogP contribution in [-0.4, -0.2) is 0 Å². The fourth-order valence-corrected chi connectivity index (χ4v) is 0. The van der Waals surface area contributed by atoms with Crippen LogP contribution in [0, 0.1) is 22.3 Å². The molecule has 0 bridgehead atoms. The summed E-state index contributed by atoms with van der Waals surface area (Å²) in [6.07, 6.45) is 0. The molecule has 0 fully saturated rings. The standard InChI is InChI=1S/CH4.3CH3.Ir.V/h1H4;3*1H3;;/q;3*-1;;. The Morgan fingerprint density at radius 2 is 0.667 bits per heavy atom. The first-order valence-corrected chi connectivity index (χ1v) is 0. The van der Waals surface area contributed by atoms with Crippen LogP contribution in [-0.2, 0) is 38.7 Å². The van der Waals surface area contributed by atoms with Gasteiger partial charge in [-0.25, -0.2) is 0 Å². The second-order valence-corrected chi connectivity index (χ2v) is 0. The Balaban J connectivity index is 0. The molecule has 0 unspecified atom stereocenters. The molecule has 6 heavy (non-hydrogen) atoms. The fraction of sp³-hybridized carbons (Fsp3) is 0.250. The van der Waals surface area contributed by atoms with Gasteiger partial charge in [0.1, 0.15) is 0 Å². The summed E-state index contributed by atoms with van der Waals surface area (Å²) < 4.78 is 0. The molecule has 0 aliphatic heterocycles. The van der Waals surface area contributed by atoms with Gasteiger partial charge in [0.15, 0.2) is 0 Å². The van der Waals surface area contributed by atoms with Crippen molar-refractivity contribution < 1.29 is 38.7 Å². The number of rotatable bonds is 0. The van der Waals surface area contributed by atoms with E-state index < -0.39 is 0 Å². The quantitative estimate of drug-likeness (QED) is 0.600. The molecule has 0 aromatic carbocycles. The molecule has 0 saturated heterocycles. The summed E-state index contributed by atoms with van der Waals surface area (Å²) in [5.41, 5.74) is 0. The van der Waals surface area contributed by atoms with Crippen LogP contribution in [0.4, 0.5) is 0 Å². The van der Waals surface area contributed by atoms with Crippen LogP contribution in [0.3, 0.4) is 0 Å². The van der Waals surface area contributed by atoms with Crippen molar-refractivity contribution in [3.05, 3.63) is 22.3 Å². The Morgan fingerprint density at radius 1 is 0.667 bits per heavy atom. The van der Waals surface area contributed by atoms with E-state index in [-0.39, 0.29) is 68.4 Å². The van der Waals surface area contributed by atoms with Crippen LogP contribution >= 0.6 is 0 Å². The van der Waals surface area contributed by atoms with Crippen LogP contribution in [0.1, 0.15) is 7.43 Å². The van der Waals surface area contributed by atoms with Crippen molar-refractivity contribution in [3.8, 4) is 0 Å². The summed E-state index contributed by atoms with van der Waals surface area (Å²) in [7, 11) is 0. The first kappa shape index (κ1) is 185. The van der Waals surface area contributed by atoms with Crippen molar-refractivity contribution in [2.24, 2.45) is 0 Å². The van der Waals surface area contributed by atoms with E-state index in [1.807, 2.05) is 0 Å². The van der Waals surface area contributed by atoms with E-state index in [9.17, 15) is 0 Å². The third-order valence-corrected chi connectivity index (χ3v) is 0. The molecular formula is C4H13IrV-3. The predicted octanol–water partition coefficient (Wildman–Crippen LogP) is 1.98. The molecule has 46 valence electrons. The fourth-order valence-electron chi connectivity index (χ4n) is 0. The maximum Gasteiger partial charge on any atom is 0 e. The van der Waals surface area contributed by atoms with Crippen molar-refractivity contribution in [1.29, 1.82) is 0 Å². The first-order valence-electron chi connectivity index (χ1n) is 0. The molecule has 0 aromatic rings. The molecule has 0 aliphatic carbocycles. The van der Waals surface area contributed by atoms with Crippen molar-refractivity contribution in [3.63, 3.8) is 0 Å². The topological polar surface area (TPSA) is 0 Å². The average molecular weight is 304 g/mol. The van der Waals surface area contributed by atoms with E-state index in [2.05, 4.69) is 0 Å². The maximum atomic E-state index is 0. The van der Waals surface area contributed by atoms with Crippen LogP contribution in [0.5, 0.6) is 0 Å². The first-order chi connectivity index (χ1) is 0. The SMILES string of the molecule is C.[CH3-].[CH3-].[CH3-].[Ir].[V]. The molecule has 0 spiro atoms. The van der Waals surface area contributed by atoms with Crippen LogP contribution in [0.25, 0.3) is 0 Å². The van der Waals surface area contributed by atoms with Gasteiger partial charge >= 0.3 is 0 Å². The third-order valence-electron chi connectivity index (χ3n) is 0. The van der Waals surface area contributed by atoms with Crippen LogP contribution < -0.4 is 0 Å². The molecule has 0 amide bonds. The van der Waals surface area contributed by atoms with Gasteiger partial charge in [-0.1, -0.05) is 7.43 Å². The van der Waals surface area contributed by atoms with Gasteiger partial charge in [-0.05, 0) is 0 Å². The van der Waals surface area contributed by atoms with Gasteiger partial charge in [-0.15, -0.1) is 0 Å². The zero-order chi connectivity index (χ0) is 0. The average Bonchev–Trinajstić information content (AvgIpc) is 0.